The molecular weight excluding hydrogens is 374 g/mol. The van der Waals surface area contributed by atoms with Gasteiger partial charge in [-0.15, -0.1) is 10.2 Å². The Hall–Kier alpha value is -2.63. The highest BCUT2D eigenvalue weighted by atomic mass is 16.2. The number of carbonyl (C=O) groups excluding carboxylic acids is 1. The van der Waals surface area contributed by atoms with Gasteiger partial charge in [-0.05, 0) is 37.0 Å². The van der Waals surface area contributed by atoms with Gasteiger partial charge in [-0.1, -0.05) is 50.1 Å². The van der Waals surface area contributed by atoms with E-state index >= 15 is 0 Å². The molecule has 6 nitrogen and oxygen atoms in total. The molecule has 160 valence electrons. The van der Waals surface area contributed by atoms with E-state index < -0.39 is 0 Å². The Labute approximate surface area is 179 Å². The quantitative estimate of drug-likeness (QED) is 0.756. The van der Waals surface area contributed by atoms with Crippen molar-refractivity contribution in [1.82, 2.24) is 15.1 Å². The Balaban J connectivity index is 1.34. The molecule has 0 bridgehead atoms. The van der Waals surface area contributed by atoms with Crippen molar-refractivity contribution in [1.29, 1.82) is 0 Å². The van der Waals surface area contributed by atoms with Gasteiger partial charge in [0, 0.05) is 39.3 Å². The monoisotopic (exact) mass is 407 g/mol. The third-order valence-electron chi connectivity index (χ3n) is 6.39. The maximum Gasteiger partial charge on any atom is 0.230 e. The van der Waals surface area contributed by atoms with E-state index in [0.717, 1.165) is 62.9 Å². The first-order valence-corrected chi connectivity index (χ1v) is 11.4. The topological polar surface area (TPSA) is 52.6 Å². The molecule has 2 aliphatic heterocycles. The third kappa shape index (κ3) is 4.74. The second-order valence-electron chi connectivity index (χ2n) is 8.33. The molecule has 2 saturated heterocycles. The summed E-state index contributed by atoms with van der Waals surface area (Å²) >= 11 is 0. The molecule has 2 aromatic rings. The Bertz CT molecular complexity index is 794. The summed E-state index contributed by atoms with van der Waals surface area (Å²) in [5, 5.41) is 9.02. The standard InChI is InChI=1S/C24H33N5O/c1-2-21(20-10-6-5-7-11-20)24(30)29-18-16-28(17-19-29)23-13-12-22(25-26-23)27-14-8-3-4-9-15-27/h5-7,10-13,21H,2-4,8-9,14-19H2,1H3/t21-/m0/s1. The fraction of sp³-hybridized carbons (Fsp3) is 0.542. The van der Waals surface area contributed by atoms with E-state index in [1.54, 1.807) is 0 Å². The van der Waals surface area contributed by atoms with Crippen molar-refractivity contribution < 1.29 is 4.79 Å². The molecule has 1 aromatic carbocycles. The summed E-state index contributed by atoms with van der Waals surface area (Å²) in [5.41, 5.74) is 1.11. The van der Waals surface area contributed by atoms with E-state index in [9.17, 15) is 4.79 Å². The van der Waals surface area contributed by atoms with Crippen molar-refractivity contribution in [3.8, 4) is 0 Å². The average Bonchev–Trinajstić information content (AvgIpc) is 3.10. The van der Waals surface area contributed by atoms with Crippen molar-refractivity contribution in [3.05, 3.63) is 48.0 Å². The molecule has 0 spiro atoms. The molecule has 0 N–H and O–H groups in total. The van der Waals surface area contributed by atoms with Crippen LogP contribution in [-0.2, 0) is 4.79 Å². The molecule has 4 rings (SSSR count). The minimum absolute atomic E-state index is 0.0505. The molecular formula is C24H33N5O. The van der Waals surface area contributed by atoms with E-state index in [4.69, 9.17) is 0 Å². The van der Waals surface area contributed by atoms with Gasteiger partial charge in [0.2, 0.25) is 5.91 Å². The lowest BCUT2D eigenvalue weighted by Gasteiger charge is -2.37. The number of anilines is 2. The Morgan fingerprint density at radius 3 is 1.90 bits per heavy atom. The second kappa shape index (κ2) is 9.92. The zero-order valence-corrected chi connectivity index (χ0v) is 18.0. The largest absolute Gasteiger partial charge is 0.355 e. The lowest BCUT2D eigenvalue weighted by Crippen LogP contribution is -2.50. The summed E-state index contributed by atoms with van der Waals surface area (Å²) < 4.78 is 0. The summed E-state index contributed by atoms with van der Waals surface area (Å²) in [7, 11) is 0. The number of piperazine rings is 1. The van der Waals surface area contributed by atoms with Crippen LogP contribution in [0.2, 0.25) is 0 Å². The van der Waals surface area contributed by atoms with Gasteiger partial charge in [0.05, 0.1) is 5.92 Å². The second-order valence-corrected chi connectivity index (χ2v) is 8.33. The zero-order valence-electron chi connectivity index (χ0n) is 18.0. The molecule has 30 heavy (non-hydrogen) atoms. The lowest BCUT2D eigenvalue weighted by atomic mass is 9.95. The summed E-state index contributed by atoms with van der Waals surface area (Å²) in [6.07, 6.45) is 5.93. The summed E-state index contributed by atoms with van der Waals surface area (Å²) in [6.45, 7) is 7.32. The number of amides is 1. The van der Waals surface area contributed by atoms with Crippen LogP contribution >= 0.6 is 0 Å². The van der Waals surface area contributed by atoms with E-state index in [1.165, 1.54) is 25.7 Å². The Morgan fingerprint density at radius 1 is 0.800 bits per heavy atom. The Kier molecular flexibility index (Phi) is 6.82. The molecule has 2 aliphatic rings. The Morgan fingerprint density at radius 2 is 1.37 bits per heavy atom. The molecule has 1 amide bonds. The molecule has 3 heterocycles. The number of hydrogen-bond acceptors (Lipinski definition) is 5. The van der Waals surface area contributed by atoms with Crippen LogP contribution < -0.4 is 9.80 Å². The van der Waals surface area contributed by atoms with Crippen LogP contribution in [0.15, 0.2) is 42.5 Å². The maximum absolute atomic E-state index is 13.1. The van der Waals surface area contributed by atoms with Crippen LogP contribution in [0.25, 0.3) is 0 Å². The van der Waals surface area contributed by atoms with E-state index in [0.29, 0.717) is 0 Å². The van der Waals surface area contributed by atoms with Crippen LogP contribution in [0.4, 0.5) is 11.6 Å². The van der Waals surface area contributed by atoms with Crippen molar-refractivity contribution in [2.45, 2.75) is 44.9 Å². The van der Waals surface area contributed by atoms with Crippen LogP contribution in [0.5, 0.6) is 0 Å². The molecule has 0 radical (unpaired) electrons. The number of nitrogens with zero attached hydrogens (tertiary/aromatic N) is 5. The van der Waals surface area contributed by atoms with Gasteiger partial charge < -0.3 is 14.7 Å². The number of carbonyl (C=O) groups is 1. The molecule has 1 aromatic heterocycles. The van der Waals surface area contributed by atoms with Gasteiger partial charge in [0.1, 0.15) is 0 Å². The van der Waals surface area contributed by atoms with Gasteiger partial charge in [-0.25, -0.2) is 0 Å². The summed E-state index contributed by atoms with van der Waals surface area (Å²) in [6, 6.07) is 14.3. The van der Waals surface area contributed by atoms with Crippen LogP contribution in [0, 0.1) is 0 Å². The summed E-state index contributed by atoms with van der Waals surface area (Å²) in [5.74, 6) is 2.09. The predicted molar refractivity (Wildman–Crippen MR) is 121 cm³/mol. The molecule has 0 aliphatic carbocycles. The van der Waals surface area contributed by atoms with E-state index in [-0.39, 0.29) is 11.8 Å². The first kappa shape index (κ1) is 20.6. The summed E-state index contributed by atoms with van der Waals surface area (Å²) in [4.78, 5) is 19.7. The van der Waals surface area contributed by atoms with Crippen molar-refractivity contribution in [3.63, 3.8) is 0 Å². The first-order valence-electron chi connectivity index (χ1n) is 11.4. The average molecular weight is 408 g/mol. The number of aromatic nitrogens is 2. The highest BCUT2D eigenvalue weighted by Gasteiger charge is 2.28. The molecule has 0 saturated carbocycles. The first-order chi connectivity index (χ1) is 14.8. The van der Waals surface area contributed by atoms with E-state index in [1.807, 2.05) is 23.1 Å². The number of rotatable bonds is 5. The number of hydrogen-bond donors (Lipinski definition) is 0. The molecule has 2 fully saturated rings. The van der Waals surface area contributed by atoms with Crippen molar-refractivity contribution in [2.24, 2.45) is 0 Å². The zero-order chi connectivity index (χ0) is 20.8. The molecule has 6 heteroatoms. The van der Waals surface area contributed by atoms with Gasteiger partial charge in [0.15, 0.2) is 11.6 Å². The minimum atomic E-state index is -0.0505. The van der Waals surface area contributed by atoms with Crippen LogP contribution in [-0.4, -0.2) is 60.3 Å². The fourth-order valence-corrected chi connectivity index (χ4v) is 4.57. The lowest BCUT2D eigenvalue weighted by molar-refractivity contribution is -0.133. The van der Waals surface area contributed by atoms with E-state index in [2.05, 4.69) is 51.2 Å². The fourth-order valence-electron chi connectivity index (χ4n) is 4.57. The van der Waals surface area contributed by atoms with Crippen LogP contribution in [0.3, 0.4) is 0 Å². The normalized spacial score (nSPS) is 18.8. The van der Waals surface area contributed by atoms with Crippen molar-refractivity contribution in [2.75, 3.05) is 49.1 Å². The highest BCUT2D eigenvalue weighted by molar-refractivity contribution is 5.84. The SMILES string of the molecule is CC[C@H](C(=O)N1CCN(c2ccc(N3CCCCCC3)nn2)CC1)c1ccccc1. The van der Waals surface area contributed by atoms with Gasteiger partial charge in [-0.3, -0.25) is 4.79 Å². The van der Waals surface area contributed by atoms with Crippen LogP contribution in [0.1, 0.15) is 50.5 Å². The minimum Gasteiger partial charge on any atom is -0.355 e. The maximum atomic E-state index is 13.1. The predicted octanol–water partition coefficient (Wildman–Crippen LogP) is 3.70. The van der Waals surface area contributed by atoms with Crippen molar-refractivity contribution >= 4 is 17.5 Å². The number of benzene rings is 1. The molecule has 1 atom stereocenters. The van der Waals surface area contributed by atoms with Gasteiger partial charge >= 0.3 is 0 Å². The smallest absolute Gasteiger partial charge is 0.230 e. The van der Waals surface area contributed by atoms with Gasteiger partial charge in [0.25, 0.3) is 0 Å². The third-order valence-corrected chi connectivity index (χ3v) is 6.39. The molecule has 0 unspecified atom stereocenters. The van der Waals surface area contributed by atoms with Gasteiger partial charge in [-0.2, -0.15) is 0 Å². The highest BCUT2D eigenvalue weighted by Crippen LogP contribution is 2.24.